The summed E-state index contributed by atoms with van der Waals surface area (Å²) in [4.78, 5) is 13.8. The lowest BCUT2D eigenvalue weighted by molar-refractivity contribution is -0.130. The number of carbonyl (C=O) groups excluding carboxylic acids is 1. The normalized spacial score (nSPS) is 13.3. The molecule has 1 aromatic carbocycles. The van der Waals surface area contributed by atoms with E-state index < -0.39 is 0 Å². The standard InChI is InChI=1S/C15H24N2O.ClH/c1-4-12(2)11-17(3)15(18)10-14(16)13-8-6-5-7-9-13;/h5-9,12,14H,4,10-11,16H2,1-3H3;1H. The van der Waals surface area contributed by atoms with E-state index in [1.54, 1.807) is 4.90 Å². The van der Waals surface area contributed by atoms with Crippen molar-refractivity contribution in [2.75, 3.05) is 13.6 Å². The molecule has 1 amide bonds. The number of nitrogens with zero attached hydrogens (tertiary/aromatic N) is 1. The summed E-state index contributed by atoms with van der Waals surface area (Å²) in [5.74, 6) is 0.651. The van der Waals surface area contributed by atoms with E-state index in [0.717, 1.165) is 18.5 Å². The minimum absolute atomic E-state index is 0. The number of benzene rings is 1. The van der Waals surface area contributed by atoms with Gasteiger partial charge in [-0.15, -0.1) is 12.4 Å². The van der Waals surface area contributed by atoms with Crippen LogP contribution in [-0.2, 0) is 4.79 Å². The molecule has 0 heterocycles. The lowest BCUT2D eigenvalue weighted by atomic mass is 10.0. The summed E-state index contributed by atoms with van der Waals surface area (Å²) in [7, 11) is 1.85. The first-order chi connectivity index (χ1) is 8.54. The highest BCUT2D eigenvalue weighted by Crippen LogP contribution is 2.15. The average Bonchev–Trinajstić information content (AvgIpc) is 2.39. The van der Waals surface area contributed by atoms with Crippen LogP contribution in [0.15, 0.2) is 30.3 Å². The third-order valence-electron chi connectivity index (χ3n) is 3.33. The fourth-order valence-corrected chi connectivity index (χ4v) is 1.86. The molecule has 0 aliphatic heterocycles. The van der Waals surface area contributed by atoms with E-state index in [-0.39, 0.29) is 24.4 Å². The second kappa shape index (κ2) is 8.94. The smallest absolute Gasteiger partial charge is 0.224 e. The summed E-state index contributed by atoms with van der Waals surface area (Å²) in [6.45, 7) is 5.09. The molecule has 0 saturated carbocycles. The molecule has 0 radical (unpaired) electrons. The van der Waals surface area contributed by atoms with Gasteiger partial charge in [0.1, 0.15) is 0 Å². The molecule has 1 rings (SSSR count). The van der Waals surface area contributed by atoms with Crippen molar-refractivity contribution in [3.05, 3.63) is 35.9 Å². The topological polar surface area (TPSA) is 46.3 Å². The first-order valence-electron chi connectivity index (χ1n) is 6.59. The average molecular weight is 285 g/mol. The lowest BCUT2D eigenvalue weighted by Crippen LogP contribution is -2.33. The van der Waals surface area contributed by atoms with Crippen LogP contribution in [0, 0.1) is 5.92 Å². The molecule has 108 valence electrons. The second-order valence-electron chi connectivity index (χ2n) is 5.01. The van der Waals surface area contributed by atoms with E-state index >= 15 is 0 Å². The van der Waals surface area contributed by atoms with Crippen LogP contribution in [0.5, 0.6) is 0 Å². The number of hydrogen-bond acceptors (Lipinski definition) is 2. The van der Waals surface area contributed by atoms with E-state index in [1.165, 1.54) is 0 Å². The SMILES string of the molecule is CCC(C)CN(C)C(=O)CC(N)c1ccccc1.Cl. The predicted octanol–water partition coefficient (Wildman–Crippen LogP) is 3.00. The Bertz CT molecular complexity index is 370. The fourth-order valence-electron chi connectivity index (χ4n) is 1.86. The molecule has 0 aromatic heterocycles. The van der Waals surface area contributed by atoms with E-state index in [0.29, 0.717) is 12.3 Å². The maximum Gasteiger partial charge on any atom is 0.224 e. The largest absolute Gasteiger partial charge is 0.345 e. The number of hydrogen-bond donors (Lipinski definition) is 1. The summed E-state index contributed by atoms with van der Waals surface area (Å²) in [6.07, 6.45) is 1.46. The molecular weight excluding hydrogens is 260 g/mol. The van der Waals surface area contributed by atoms with Gasteiger partial charge in [0, 0.05) is 26.1 Å². The van der Waals surface area contributed by atoms with Gasteiger partial charge in [-0.1, -0.05) is 50.6 Å². The molecule has 2 atom stereocenters. The third kappa shape index (κ3) is 6.08. The van der Waals surface area contributed by atoms with Crippen LogP contribution in [0.2, 0.25) is 0 Å². The summed E-state index contributed by atoms with van der Waals surface area (Å²) in [6, 6.07) is 9.57. The van der Waals surface area contributed by atoms with Gasteiger partial charge in [-0.3, -0.25) is 4.79 Å². The number of carbonyl (C=O) groups is 1. The molecule has 2 unspecified atom stereocenters. The third-order valence-corrected chi connectivity index (χ3v) is 3.33. The Morgan fingerprint density at radius 1 is 1.32 bits per heavy atom. The number of amides is 1. The van der Waals surface area contributed by atoms with Crippen LogP contribution in [0.3, 0.4) is 0 Å². The van der Waals surface area contributed by atoms with Crippen molar-refractivity contribution in [3.8, 4) is 0 Å². The highest BCUT2D eigenvalue weighted by atomic mass is 35.5. The van der Waals surface area contributed by atoms with E-state index in [2.05, 4.69) is 13.8 Å². The Hall–Kier alpha value is -1.06. The summed E-state index contributed by atoms with van der Waals surface area (Å²) in [5.41, 5.74) is 7.07. The maximum atomic E-state index is 12.0. The highest BCUT2D eigenvalue weighted by molar-refractivity contribution is 5.85. The molecule has 0 aliphatic carbocycles. The maximum absolute atomic E-state index is 12.0. The van der Waals surface area contributed by atoms with Crippen molar-refractivity contribution in [1.29, 1.82) is 0 Å². The van der Waals surface area contributed by atoms with Crippen molar-refractivity contribution in [1.82, 2.24) is 4.90 Å². The van der Waals surface area contributed by atoms with Crippen LogP contribution < -0.4 is 5.73 Å². The van der Waals surface area contributed by atoms with Gasteiger partial charge in [-0.05, 0) is 11.5 Å². The highest BCUT2D eigenvalue weighted by Gasteiger charge is 2.16. The van der Waals surface area contributed by atoms with Gasteiger partial charge < -0.3 is 10.6 Å². The molecule has 0 bridgehead atoms. The zero-order valence-electron chi connectivity index (χ0n) is 12.0. The van der Waals surface area contributed by atoms with Crippen LogP contribution in [-0.4, -0.2) is 24.4 Å². The van der Waals surface area contributed by atoms with Crippen LogP contribution in [0.4, 0.5) is 0 Å². The zero-order chi connectivity index (χ0) is 13.5. The zero-order valence-corrected chi connectivity index (χ0v) is 12.8. The Morgan fingerprint density at radius 2 is 1.89 bits per heavy atom. The first kappa shape index (κ1) is 17.9. The summed E-state index contributed by atoms with van der Waals surface area (Å²) >= 11 is 0. The van der Waals surface area contributed by atoms with Gasteiger partial charge in [0.05, 0.1) is 0 Å². The Labute approximate surface area is 122 Å². The molecule has 3 nitrogen and oxygen atoms in total. The molecule has 0 aliphatic rings. The molecule has 1 aromatic rings. The van der Waals surface area contributed by atoms with Crippen molar-refractivity contribution in [3.63, 3.8) is 0 Å². The van der Waals surface area contributed by atoms with Gasteiger partial charge >= 0.3 is 0 Å². The van der Waals surface area contributed by atoms with Crippen molar-refractivity contribution >= 4 is 18.3 Å². The van der Waals surface area contributed by atoms with Gasteiger partial charge in [-0.25, -0.2) is 0 Å². The molecule has 19 heavy (non-hydrogen) atoms. The Kier molecular flexibility index (Phi) is 8.44. The van der Waals surface area contributed by atoms with Crippen LogP contribution >= 0.6 is 12.4 Å². The van der Waals surface area contributed by atoms with Crippen molar-refractivity contribution in [2.45, 2.75) is 32.7 Å². The molecule has 0 saturated heterocycles. The molecule has 0 fully saturated rings. The van der Waals surface area contributed by atoms with Crippen molar-refractivity contribution in [2.24, 2.45) is 11.7 Å². The first-order valence-corrected chi connectivity index (χ1v) is 6.59. The fraction of sp³-hybridized carbons (Fsp3) is 0.533. The van der Waals surface area contributed by atoms with Crippen molar-refractivity contribution < 1.29 is 4.79 Å². The van der Waals surface area contributed by atoms with E-state index in [1.807, 2.05) is 37.4 Å². The van der Waals surface area contributed by atoms with E-state index in [4.69, 9.17) is 5.73 Å². The van der Waals surface area contributed by atoms with Gasteiger partial charge in [0.15, 0.2) is 0 Å². The van der Waals surface area contributed by atoms with Gasteiger partial charge in [-0.2, -0.15) is 0 Å². The minimum atomic E-state index is -0.210. The molecule has 2 N–H and O–H groups in total. The number of halogens is 1. The van der Waals surface area contributed by atoms with Gasteiger partial charge in [0.2, 0.25) is 5.91 Å². The molecular formula is C15H25ClN2O. The summed E-state index contributed by atoms with van der Waals surface area (Å²) < 4.78 is 0. The number of nitrogens with two attached hydrogens (primary N) is 1. The quantitative estimate of drug-likeness (QED) is 0.873. The predicted molar refractivity (Wildman–Crippen MR) is 82.3 cm³/mol. The monoisotopic (exact) mass is 284 g/mol. The van der Waals surface area contributed by atoms with Gasteiger partial charge in [0.25, 0.3) is 0 Å². The van der Waals surface area contributed by atoms with E-state index in [9.17, 15) is 4.79 Å². The summed E-state index contributed by atoms with van der Waals surface area (Å²) in [5, 5.41) is 0. The molecule has 0 spiro atoms. The van der Waals surface area contributed by atoms with Crippen LogP contribution in [0.1, 0.15) is 38.3 Å². The Balaban J connectivity index is 0.00000324. The molecule has 4 heteroatoms. The lowest BCUT2D eigenvalue weighted by Gasteiger charge is -2.22. The Morgan fingerprint density at radius 3 is 2.42 bits per heavy atom. The number of rotatable bonds is 6. The minimum Gasteiger partial charge on any atom is -0.345 e. The van der Waals surface area contributed by atoms with Crippen LogP contribution in [0.25, 0.3) is 0 Å². The second-order valence-corrected chi connectivity index (χ2v) is 5.01.